The highest BCUT2D eigenvalue weighted by Gasteiger charge is 2.05. The molecule has 0 fully saturated rings. The van der Waals surface area contributed by atoms with Crippen molar-refractivity contribution in [3.05, 3.63) is 59.4 Å². The van der Waals surface area contributed by atoms with Crippen molar-refractivity contribution >= 4 is 0 Å². The van der Waals surface area contributed by atoms with Crippen molar-refractivity contribution < 1.29 is 13.9 Å². The predicted octanol–water partition coefficient (Wildman–Crippen LogP) is 2.87. The van der Waals surface area contributed by atoms with E-state index >= 15 is 0 Å². The van der Waals surface area contributed by atoms with E-state index in [2.05, 4.69) is 0 Å². The van der Waals surface area contributed by atoms with Gasteiger partial charge in [0.05, 0.1) is 7.11 Å². The van der Waals surface area contributed by atoms with Crippen LogP contribution < -0.4 is 15.2 Å². The number of ether oxygens (including phenoxy) is 2. The molecule has 0 saturated heterocycles. The first-order chi connectivity index (χ1) is 9.22. The molecule has 2 aromatic carbocycles. The summed E-state index contributed by atoms with van der Waals surface area (Å²) in [6.45, 7) is 0.667. The number of benzene rings is 2. The summed E-state index contributed by atoms with van der Waals surface area (Å²) in [4.78, 5) is 0. The Morgan fingerprint density at radius 1 is 1.16 bits per heavy atom. The summed E-state index contributed by atoms with van der Waals surface area (Å²) in [7, 11) is 1.59. The number of methoxy groups -OCH3 is 1. The first-order valence-corrected chi connectivity index (χ1v) is 5.97. The van der Waals surface area contributed by atoms with Crippen molar-refractivity contribution in [2.45, 2.75) is 13.2 Å². The zero-order chi connectivity index (χ0) is 13.7. The van der Waals surface area contributed by atoms with E-state index in [9.17, 15) is 4.39 Å². The van der Waals surface area contributed by atoms with Gasteiger partial charge in [-0.25, -0.2) is 4.39 Å². The molecule has 0 unspecified atom stereocenters. The van der Waals surface area contributed by atoms with E-state index in [0.717, 1.165) is 11.1 Å². The standard InChI is InChI=1S/C15H16FNO2/c1-18-14-6-5-12(9-17)15(8-14)19-10-11-3-2-4-13(16)7-11/h2-8H,9-10,17H2,1H3. The SMILES string of the molecule is COc1ccc(CN)c(OCc2cccc(F)c2)c1. The molecule has 0 radical (unpaired) electrons. The third-order valence-corrected chi connectivity index (χ3v) is 2.78. The predicted molar refractivity (Wildman–Crippen MR) is 71.6 cm³/mol. The quantitative estimate of drug-likeness (QED) is 0.900. The second kappa shape index (κ2) is 6.20. The van der Waals surface area contributed by atoms with Crippen molar-refractivity contribution in [2.75, 3.05) is 7.11 Å². The first kappa shape index (κ1) is 13.4. The molecule has 3 nitrogen and oxygen atoms in total. The molecule has 2 rings (SSSR count). The maximum Gasteiger partial charge on any atom is 0.127 e. The van der Waals surface area contributed by atoms with E-state index in [1.165, 1.54) is 12.1 Å². The normalized spacial score (nSPS) is 10.3. The highest BCUT2D eigenvalue weighted by Crippen LogP contribution is 2.25. The number of halogens is 1. The van der Waals surface area contributed by atoms with Crippen LogP contribution in [0.25, 0.3) is 0 Å². The molecule has 2 N–H and O–H groups in total. The average Bonchev–Trinajstić information content (AvgIpc) is 2.45. The average molecular weight is 261 g/mol. The van der Waals surface area contributed by atoms with Gasteiger partial charge in [0.25, 0.3) is 0 Å². The maximum atomic E-state index is 13.1. The van der Waals surface area contributed by atoms with E-state index in [-0.39, 0.29) is 12.4 Å². The molecule has 0 heterocycles. The molecule has 0 aromatic heterocycles. The molecule has 2 aromatic rings. The maximum absolute atomic E-state index is 13.1. The second-order valence-electron chi connectivity index (χ2n) is 4.10. The molecule has 0 aliphatic rings. The van der Waals surface area contributed by atoms with Gasteiger partial charge >= 0.3 is 0 Å². The summed E-state index contributed by atoms with van der Waals surface area (Å²) in [6, 6.07) is 11.8. The smallest absolute Gasteiger partial charge is 0.127 e. The lowest BCUT2D eigenvalue weighted by atomic mass is 10.2. The Labute approximate surface area is 111 Å². The van der Waals surface area contributed by atoms with E-state index in [4.69, 9.17) is 15.2 Å². The molecule has 4 heteroatoms. The van der Waals surface area contributed by atoms with Gasteiger partial charge in [-0.2, -0.15) is 0 Å². The molecule has 0 spiro atoms. The Morgan fingerprint density at radius 3 is 2.68 bits per heavy atom. The van der Waals surface area contributed by atoms with Gasteiger partial charge in [0.2, 0.25) is 0 Å². The Hall–Kier alpha value is -2.07. The minimum absolute atomic E-state index is 0.272. The molecule has 0 aliphatic heterocycles. The Morgan fingerprint density at radius 2 is 2.00 bits per heavy atom. The zero-order valence-electron chi connectivity index (χ0n) is 10.7. The molecule has 0 aliphatic carbocycles. The minimum atomic E-state index is -0.272. The molecule has 0 atom stereocenters. The van der Waals surface area contributed by atoms with Gasteiger partial charge in [0, 0.05) is 18.2 Å². The molecule has 0 bridgehead atoms. The van der Waals surface area contributed by atoms with Gasteiger partial charge in [0.1, 0.15) is 23.9 Å². The number of hydrogen-bond acceptors (Lipinski definition) is 3. The van der Waals surface area contributed by atoms with Gasteiger partial charge in [0.15, 0.2) is 0 Å². The minimum Gasteiger partial charge on any atom is -0.497 e. The third kappa shape index (κ3) is 3.45. The fraction of sp³-hybridized carbons (Fsp3) is 0.200. The van der Waals surface area contributed by atoms with E-state index in [0.29, 0.717) is 18.0 Å². The van der Waals surface area contributed by atoms with Crippen LogP contribution in [0.1, 0.15) is 11.1 Å². The lowest BCUT2D eigenvalue weighted by molar-refractivity contribution is 0.300. The van der Waals surface area contributed by atoms with Gasteiger partial charge < -0.3 is 15.2 Å². The van der Waals surface area contributed by atoms with Crippen LogP contribution in [0.15, 0.2) is 42.5 Å². The summed E-state index contributed by atoms with van der Waals surface area (Å²) in [5.74, 6) is 1.09. The lowest BCUT2D eigenvalue weighted by Crippen LogP contribution is -2.03. The molecule has 0 saturated carbocycles. The summed E-state index contributed by atoms with van der Waals surface area (Å²) in [6.07, 6.45) is 0. The van der Waals surface area contributed by atoms with E-state index in [1.54, 1.807) is 19.2 Å². The van der Waals surface area contributed by atoms with Crippen molar-refractivity contribution in [3.63, 3.8) is 0 Å². The number of nitrogens with two attached hydrogens (primary N) is 1. The van der Waals surface area contributed by atoms with Crippen LogP contribution in [0.4, 0.5) is 4.39 Å². The zero-order valence-corrected chi connectivity index (χ0v) is 10.7. The molecular weight excluding hydrogens is 245 g/mol. The third-order valence-electron chi connectivity index (χ3n) is 2.78. The summed E-state index contributed by atoms with van der Waals surface area (Å²) in [5, 5.41) is 0. The summed E-state index contributed by atoms with van der Waals surface area (Å²) in [5.41, 5.74) is 7.31. The van der Waals surface area contributed by atoms with Crippen LogP contribution in [0.5, 0.6) is 11.5 Å². The van der Waals surface area contributed by atoms with Gasteiger partial charge in [-0.05, 0) is 23.8 Å². The highest BCUT2D eigenvalue weighted by atomic mass is 19.1. The van der Waals surface area contributed by atoms with Crippen LogP contribution >= 0.6 is 0 Å². The van der Waals surface area contributed by atoms with Crippen LogP contribution in [0.2, 0.25) is 0 Å². The van der Waals surface area contributed by atoms with Crippen molar-refractivity contribution in [3.8, 4) is 11.5 Å². The van der Waals surface area contributed by atoms with E-state index in [1.807, 2.05) is 18.2 Å². The largest absolute Gasteiger partial charge is 0.497 e. The Bertz CT molecular complexity index is 558. The van der Waals surface area contributed by atoms with Crippen LogP contribution in [-0.4, -0.2) is 7.11 Å². The number of rotatable bonds is 5. The monoisotopic (exact) mass is 261 g/mol. The molecule has 100 valence electrons. The lowest BCUT2D eigenvalue weighted by Gasteiger charge is -2.12. The Balaban J connectivity index is 2.14. The van der Waals surface area contributed by atoms with Crippen molar-refractivity contribution in [2.24, 2.45) is 5.73 Å². The second-order valence-corrected chi connectivity index (χ2v) is 4.10. The molecule has 0 amide bonds. The van der Waals surface area contributed by atoms with Gasteiger partial charge in [-0.1, -0.05) is 18.2 Å². The summed E-state index contributed by atoms with van der Waals surface area (Å²) >= 11 is 0. The van der Waals surface area contributed by atoms with Crippen LogP contribution in [-0.2, 0) is 13.2 Å². The van der Waals surface area contributed by atoms with Gasteiger partial charge in [-0.3, -0.25) is 0 Å². The van der Waals surface area contributed by atoms with Crippen LogP contribution in [0.3, 0.4) is 0 Å². The first-order valence-electron chi connectivity index (χ1n) is 5.97. The van der Waals surface area contributed by atoms with Gasteiger partial charge in [-0.15, -0.1) is 0 Å². The molecular formula is C15H16FNO2. The van der Waals surface area contributed by atoms with E-state index < -0.39 is 0 Å². The van der Waals surface area contributed by atoms with Crippen LogP contribution in [0, 0.1) is 5.82 Å². The highest BCUT2D eigenvalue weighted by molar-refractivity contribution is 5.40. The number of hydrogen-bond donors (Lipinski definition) is 1. The fourth-order valence-electron chi connectivity index (χ4n) is 1.75. The van der Waals surface area contributed by atoms with Crippen molar-refractivity contribution in [1.82, 2.24) is 0 Å². The topological polar surface area (TPSA) is 44.5 Å². The summed E-state index contributed by atoms with van der Waals surface area (Å²) < 4.78 is 23.9. The fourth-order valence-corrected chi connectivity index (χ4v) is 1.75. The molecule has 19 heavy (non-hydrogen) atoms. The van der Waals surface area contributed by atoms with Crippen molar-refractivity contribution in [1.29, 1.82) is 0 Å². The Kier molecular flexibility index (Phi) is 4.36.